The van der Waals surface area contributed by atoms with Gasteiger partial charge in [-0.25, -0.2) is 4.39 Å². The smallest absolute Gasteiger partial charge is 0.248 e. The maximum atomic E-state index is 14.0. The van der Waals surface area contributed by atoms with E-state index >= 15 is 0 Å². The molecule has 1 saturated heterocycles. The molecule has 1 aromatic rings. The van der Waals surface area contributed by atoms with Gasteiger partial charge in [0.05, 0.1) is 6.54 Å². The Morgan fingerprint density at radius 1 is 1.17 bits per heavy atom. The predicted octanol–water partition coefficient (Wildman–Crippen LogP) is 2.59. The molecule has 1 aliphatic heterocycles. The van der Waals surface area contributed by atoms with Gasteiger partial charge in [-0.2, -0.15) is 4.39 Å². The van der Waals surface area contributed by atoms with Gasteiger partial charge in [0, 0.05) is 32.8 Å². The first-order valence-electron chi connectivity index (χ1n) is 10.7. The van der Waals surface area contributed by atoms with Gasteiger partial charge in [-0.15, -0.1) is 0 Å². The summed E-state index contributed by atoms with van der Waals surface area (Å²) >= 11 is 0. The third kappa shape index (κ3) is 5.89. The van der Waals surface area contributed by atoms with E-state index in [-0.39, 0.29) is 31.4 Å². The third-order valence-electron chi connectivity index (χ3n) is 6.01. The minimum absolute atomic E-state index is 0.0509. The molecule has 8 heteroatoms. The standard InChI is InChI=1S/C22H32F2N2O4/c1-29-13-20(27)26-12-11-25(17-7-4-2-3-5-8-17)14-22(28,15-26)16-30-19-10-6-9-18(23)21(19)24/h6,9-10,17,28H,2-5,7-8,11-16H2,1H3. The summed E-state index contributed by atoms with van der Waals surface area (Å²) in [5.74, 6) is -2.54. The number of methoxy groups -OCH3 is 1. The van der Waals surface area contributed by atoms with Crippen molar-refractivity contribution in [3.8, 4) is 5.75 Å². The van der Waals surface area contributed by atoms with Gasteiger partial charge < -0.3 is 19.5 Å². The minimum atomic E-state index is -1.41. The molecule has 168 valence electrons. The maximum absolute atomic E-state index is 14.0. The van der Waals surface area contributed by atoms with Gasteiger partial charge in [-0.3, -0.25) is 9.69 Å². The van der Waals surface area contributed by atoms with Crippen molar-refractivity contribution in [1.82, 2.24) is 9.80 Å². The number of aliphatic hydroxyl groups is 1. The summed E-state index contributed by atoms with van der Waals surface area (Å²) in [4.78, 5) is 16.3. The van der Waals surface area contributed by atoms with Crippen LogP contribution in [0.5, 0.6) is 5.75 Å². The Morgan fingerprint density at radius 3 is 2.60 bits per heavy atom. The maximum Gasteiger partial charge on any atom is 0.248 e. The number of ether oxygens (including phenoxy) is 2. The molecule has 0 aromatic heterocycles. The lowest BCUT2D eigenvalue weighted by molar-refractivity contribution is -0.138. The molecule has 1 saturated carbocycles. The molecule has 1 aromatic carbocycles. The summed E-state index contributed by atoms with van der Waals surface area (Å²) in [6, 6.07) is 4.04. The Bertz CT molecular complexity index is 712. The van der Waals surface area contributed by atoms with Crippen LogP contribution in [0, 0.1) is 11.6 Å². The van der Waals surface area contributed by atoms with E-state index in [2.05, 4.69) is 4.90 Å². The average molecular weight is 427 g/mol. The van der Waals surface area contributed by atoms with Crippen molar-refractivity contribution in [3.63, 3.8) is 0 Å². The van der Waals surface area contributed by atoms with Crippen LogP contribution in [-0.4, -0.2) is 79.0 Å². The Hall–Kier alpha value is -1.77. The highest BCUT2D eigenvalue weighted by Gasteiger charge is 2.39. The lowest BCUT2D eigenvalue weighted by Gasteiger charge is -2.36. The molecular formula is C22H32F2N2O4. The number of benzene rings is 1. The molecular weight excluding hydrogens is 394 g/mol. The summed E-state index contributed by atoms with van der Waals surface area (Å²) < 4.78 is 38.0. The minimum Gasteiger partial charge on any atom is -0.487 e. The van der Waals surface area contributed by atoms with Crippen LogP contribution in [0.15, 0.2) is 18.2 Å². The van der Waals surface area contributed by atoms with Crippen LogP contribution in [-0.2, 0) is 9.53 Å². The van der Waals surface area contributed by atoms with Crippen molar-refractivity contribution in [2.24, 2.45) is 0 Å². The zero-order valence-corrected chi connectivity index (χ0v) is 17.6. The first kappa shape index (κ1) is 22.9. The number of hydrogen-bond acceptors (Lipinski definition) is 5. The van der Waals surface area contributed by atoms with Crippen molar-refractivity contribution in [1.29, 1.82) is 0 Å². The number of halogens is 2. The van der Waals surface area contributed by atoms with E-state index in [1.807, 2.05) is 0 Å². The molecule has 6 nitrogen and oxygen atoms in total. The summed E-state index contributed by atoms with van der Waals surface area (Å²) in [6.45, 7) is 1.18. The lowest BCUT2D eigenvalue weighted by atomic mass is 10.0. The van der Waals surface area contributed by atoms with Crippen LogP contribution in [0.1, 0.15) is 38.5 Å². The van der Waals surface area contributed by atoms with E-state index in [0.717, 1.165) is 31.7 Å². The summed E-state index contributed by atoms with van der Waals surface area (Å²) in [6.07, 6.45) is 6.85. The van der Waals surface area contributed by atoms with Crippen molar-refractivity contribution < 1.29 is 28.2 Å². The zero-order chi connectivity index (χ0) is 21.6. The van der Waals surface area contributed by atoms with Crippen LogP contribution >= 0.6 is 0 Å². The number of rotatable bonds is 6. The van der Waals surface area contributed by atoms with Crippen LogP contribution in [0.3, 0.4) is 0 Å². The van der Waals surface area contributed by atoms with E-state index in [4.69, 9.17) is 9.47 Å². The molecule has 0 bridgehead atoms. The van der Waals surface area contributed by atoms with Gasteiger partial charge in [-0.1, -0.05) is 31.7 Å². The number of hydrogen-bond donors (Lipinski definition) is 1. The Morgan fingerprint density at radius 2 is 1.90 bits per heavy atom. The van der Waals surface area contributed by atoms with Crippen molar-refractivity contribution in [3.05, 3.63) is 29.8 Å². The number of carbonyl (C=O) groups excluding carboxylic acids is 1. The fourth-order valence-corrected chi connectivity index (χ4v) is 4.45. The van der Waals surface area contributed by atoms with Crippen LogP contribution in [0.4, 0.5) is 8.78 Å². The van der Waals surface area contributed by atoms with Crippen molar-refractivity contribution in [2.75, 3.05) is 46.5 Å². The van der Waals surface area contributed by atoms with E-state index in [1.54, 1.807) is 4.90 Å². The number of nitrogens with zero attached hydrogens (tertiary/aromatic N) is 2. The summed E-state index contributed by atoms with van der Waals surface area (Å²) in [5, 5.41) is 11.4. The lowest BCUT2D eigenvalue weighted by Crippen LogP contribution is -2.53. The molecule has 30 heavy (non-hydrogen) atoms. The summed E-state index contributed by atoms with van der Waals surface area (Å²) in [5.41, 5.74) is -1.41. The van der Waals surface area contributed by atoms with Gasteiger partial charge in [-0.05, 0) is 25.0 Å². The van der Waals surface area contributed by atoms with Gasteiger partial charge in [0.25, 0.3) is 0 Å². The van der Waals surface area contributed by atoms with Crippen molar-refractivity contribution in [2.45, 2.75) is 50.2 Å². The topological polar surface area (TPSA) is 62.2 Å². The molecule has 3 rings (SSSR count). The van der Waals surface area contributed by atoms with Crippen LogP contribution < -0.4 is 4.74 Å². The molecule has 0 radical (unpaired) electrons. The highest BCUT2D eigenvalue weighted by atomic mass is 19.2. The van der Waals surface area contributed by atoms with E-state index < -0.39 is 17.2 Å². The SMILES string of the molecule is COCC(=O)N1CCN(C2CCCCCC2)CC(O)(COc2cccc(F)c2F)C1. The van der Waals surface area contributed by atoms with Crippen LogP contribution in [0.2, 0.25) is 0 Å². The second-order valence-corrected chi connectivity index (χ2v) is 8.43. The number of β-amino-alcohol motifs (C(OH)–C–C–N with tert-alkyl or cyclic N) is 1. The Balaban J connectivity index is 1.77. The van der Waals surface area contributed by atoms with E-state index in [9.17, 15) is 18.7 Å². The first-order chi connectivity index (χ1) is 14.4. The quantitative estimate of drug-likeness (QED) is 0.709. The van der Waals surface area contributed by atoms with Crippen LogP contribution in [0.25, 0.3) is 0 Å². The Labute approximate surface area is 176 Å². The molecule has 2 fully saturated rings. The van der Waals surface area contributed by atoms with Crippen molar-refractivity contribution >= 4 is 5.91 Å². The highest BCUT2D eigenvalue weighted by Crippen LogP contribution is 2.27. The largest absolute Gasteiger partial charge is 0.487 e. The van der Waals surface area contributed by atoms with Gasteiger partial charge in [0.2, 0.25) is 11.7 Å². The number of amides is 1. The van der Waals surface area contributed by atoms with Gasteiger partial charge in [0.15, 0.2) is 11.6 Å². The molecule has 0 spiro atoms. The molecule has 2 aliphatic rings. The molecule has 1 amide bonds. The van der Waals surface area contributed by atoms with Gasteiger partial charge >= 0.3 is 0 Å². The summed E-state index contributed by atoms with van der Waals surface area (Å²) in [7, 11) is 1.45. The second kappa shape index (κ2) is 10.5. The third-order valence-corrected chi connectivity index (χ3v) is 6.01. The monoisotopic (exact) mass is 426 g/mol. The average Bonchev–Trinajstić information content (AvgIpc) is 3.09. The number of carbonyl (C=O) groups is 1. The molecule has 1 aliphatic carbocycles. The fraction of sp³-hybridized carbons (Fsp3) is 0.682. The van der Waals surface area contributed by atoms with E-state index in [1.165, 1.54) is 32.1 Å². The zero-order valence-electron chi connectivity index (χ0n) is 17.6. The second-order valence-electron chi connectivity index (χ2n) is 8.43. The predicted molar refractivity (Wildman–Crippen MR) is 108 cm³/mol. The Kier molecular flexibility index (Phi) is 8.02. The fourth-order valence-electron chi connectivity index (χ4n) is 4.45. The molecule has 1 unspecified atom stereocenters. The molecule has 1 heterocycles. The van der Waals surface area contributed by atoms with Gasteiger partial charge in [0.1, 0.15) is 18.8 Å². The highest BCUT2D eigenvalue weighted by molar-refractivity contribution is 5.77. The molecule has 1 N–H and O–H groups in total. The first-order valence-corrected chi connectivity index (χ1v) is 10.7. The molecule has 1 atom stereocenters. The van der Waals surface area contributed by atoms with E-state index in [0.29, 0.717) is 25.7 Å². The normalized spacial score (nSPS) is 24.3.